The number of halogens is 1. The monoisotopic (exact) mass is 356 g/mol. The summed E-state index contributed by atoms with van der Waals surface area (Å²) in [5, 5.41) is 13.4. The molecule has 1 unspecified atom stereocenters. The number of rotatable bonds is 6. The molecule has 0 saturated carbocycles. The van der Waals surface area contributed by atoms with Gasteiger partial charge >= 0.3 is 0 Å². The molecule has 1 amide bonds. The van der Waals surface area contributed by atoms with Crippen LogP contribution in [0, 0.1) is 0 Å². The van der Waals surface area contributed by atoms with Crippen LogP contribution in [0.2, 0.25) is 0 Å². The maximum Gasteiger partial charge on any atom is 0.257 e. The number of hydrogen-bond donors (Lipinski definition) is 2. The third-order valence-corrected chi connectivity index (χ3v) is 4.14. The highest BCUT2D eigenvalue weighted by Crippen LogP contribution is 2.24. The van der Waals surface area contributed by atoms with Gasteiger partial charge in [0.2, 0.25) is 0 Å². The lowest BCUT2D eigenvalue weighted by Crippen LogP contribution is -2.42. The number of amides is 1. The van der Waals surface area contributed by atoms with Crippen molar-refractivity contribution >= 4 is 21.8 Å². The molecule has 116 valence electrons. The van der Waals surface area contributed by atoms with Crippen molar-refractivity contribution in [1.82, 2.24) is 10.2 Å². The van der Waals surface area contributed by atoms with E-state index in [9.17, 15) is 9.90 Å². The lowest BCUT2D eigenvalue weighted by atomic mass is 10.1. The van der Waals surface area contributed by atoms with Crippen LogP contribution in [-0.2, 0) is 4.74 Å². The van der Waals surface area contributed by atoms with Gasteiger partial charge in [-0.3, -0.25) is 4.79 Å². The molecule has 0 radical (unpaired) electrons. The summed E-state index contributed by atoms with van der Waals surface area (Å²) < 4.78 is 5.84. The highest BCUT2D eigenvalue weighted by molar-refractivity contribution is 9.10. The fraction of sp³-hybridized carbons (Fsp3) is 0.533. The van der Waals surface area contributed by atoms with Crippen LogP contribution in [0.25, 0.3) is 0 Å². The van der Waals surface area contributed by atoms with E-state index >= 15 is 0 Å². The molecule has 1 atom stereocenters. The molecule has 21 heavy (non-hydrogen) atoms. The van der Waals surface area contributed by atoms with Gasteiger partial charge in [0.15, 0.2) is 0 Å². The Morgan fingerprint density at radius 2 is 2.38 bits per heavy atom. The van der Waals surface area contributed by atoms with Crippen LogP contribution in [0.4, 0.5) is 0 Å². The molecule has 1 fully saturated rings. The van der Waals surface area contributed by atoms with Crippen LogP contribution in [0.1, 0.15) is 23.2 Å². The van der Waals surface area contributed by atoms with Gasteiger partial charge in [-0.1, -0.05) is 15.9 Å². The van der Waals surface area contributed by atoms with Gasteiger partial charge in [0.05, 0.1) is 12.2 Å². The third kappa shape index (κ3) is 4.43. The first-order valence-corrected chi connectivity index (χ1v) is 7.91. The average molecular weight is 357 g/mol. The number of hydrogen-bond acceptors (Lipinski definition) is 4. The van der Waals surface area contributed by atoms with E-state index in [1.165, 1.54) is 6.07 Å². The molecule has 5 nitrogen and oxygen atoms in total. The van der Waals surface area contributed by atoms with Crippen molar-refractivity contribution in [2.75, 3.05) is 33.4 Å². The SMILES string of the molecule is COCCN(CC1CCCN1)C(=O)c1ccc(Br)cc1O. The van der Waals surface area contributed by atoms with Gasteiger partial charge in [-0.05, 0) is 37.6 Å². The molecule has 2 rings (SSSR count). The Kier molecular flexibility index (Phi) is 6.02. The van der Waals surface area contributed by atoms with Crippen molar-refractivity contribution < 1.29 is 14.6 Å². The molecule has 1 aliphatic rings. The van der Waals surface area contributed by atoms with Crippen molar-refractivity contribution in [3.63, 3.8) is 0 Å². The second kappa shape index (κ2) is 7.77. The maximum atomic E-state index is 12.6. The molecular weight excluding hydrogens is 336 g/mol. The summed E-state index contributed by atoms with van der Waals surface area (Å²) in [5.41, 5.74) is 0.326. The smallest absolute Gasteiger partial charge is 0.257 e. The number of aromatic hydroxyl groups is 1. The number of nitrogens with one attached hydrogen (secondary N) is 1. The summed E-state index contributed by atoms with van der Waals surface area (Å²) >= 11 is 3.28. The molecule has 0 spiro atoms. The average Bonchev–Trinajstić information content (AvgIpc) is 2.95. The first kappa shape index (κ1) is 16.3. The molecule has 0 aromatic heterocycles. The molecule has 6 heteroatoms. The van der Waals surface area contributed by atoms with Crippen molar-refractivity contribution in [2.24, 2.45) is 0 Å². The summed E-state index contributed by atoms with van der Waals surface area (Å²) in [4.78, 5) is 14.4. The summed E-state index contributed by atoms with van der Waals surface area (Å²) in [6.07, 6.45) is 2.21. The number of phenolic OH excluding ortho intramolecular Hbond substituents is 1. The fourth-order valence-electron chi connectivity index (χ4n) is 2.51. The number of carbonyl (C=O) groups is 1. The molecule has 1 aromatic rings. The minimum Gasteiger partial charge on any atom is -0.507 e. The number of phenols is 1. The highest BCUT2D eigenvalue weighted by Gasteiger charge is 2.23. The Hall–Kier alpha value is -1.11. The molecule has 1 heterocycles. The minimum absolute atomic E-state index is 0.00354. The van der Waals surface area contributed by atoms with E-state index in [1.807, 2.05) is 0 Å². The number of methoxy groups -OCH3 is 1. The zero-order valence-electron chi connectivity index (χ0n) is 12.1. The topological polar surface area (TPSA) is 61.8 Å². The number of carbonyl (C=O) groups excluding carboxylic acids is 1. The van der Waals surface area contributed by atoms with Crippen molar-refractivity contribution in [3.8, 4) is 5.75 Å². The molecular formula is C15H21BrN2O3. The van der Waals surface area contributed by atoms with Crippen LogP contribution >= 0.6 is 15.9 Å². The zero-order valence-corrected chi connectivity index (χ0v) is 13.7. The lowest BCUT2D eigenvalue weighted by Gasteiger charge is -2.26. The minimum atomic E-state index is -0.161. The summed E-state index contributed by atoms with van der Waals surface area (Å²) in [7, 11) is 1.62. The van der Waals surface area contributed by atoms with Gasteiger partial charge in [0, 0.05) is 30.7 Å². The van der Waals surface area contributed by atoms with Gasteiger partial charge in [-0.2, -0.15) is 0 Å². The molecule has 1 saturated heterocycles. The van der Waals surface area contributed by atoms with Gasteiger partial charge in [-0.15, -0.1) is 0 Å². The Labute approximate surface area is 133 Å². The second-order valence-corrected chi connectivity index (χ2v) is 6.11. The van der Waals surface area contributed by atoms with E-state index in [-0.39, 0.29) is 11.7 Å². The van der Waals surface area contributed by atoms with Crippen molar-refractivity contribution in [3.05, 3.63) is 28.2 Å². The lowest BCUT2D eigenvalue weighted by molar-refractivity contribution is 0.0676. The normalized spacial score (nSPS) is 17.9. The third-order valence-electron chi connectivity index (χ3n) is 3.65. The van der Waals surface area contributed by atoms with Crippen LogP contribution in [0.5, 0.6) is 5.75 Å². The predicted molar refractivity (Wildman–Crippen MR) is 84.6 cm³/mol. The maximum absolute atomic E-state index is 12.6. The fourth-order valence-corrected chi connectivity index (χ4v) is 2.86. The van der Waals surface area contributed by atoms with E-state index in [4.69, 9.17) is 4.74 Å². The molecule has 0 aliphatic carbocycles. The van der Waals surface area contributed by atoms with E-state index in [2.05, 4.69) is 21.2 Å². The van der Waals surface area contributed by atoms with Gasteiger partial charge < -0.3 is 20.1 Å². The molecule has 1 aliphatic heterocycles. The summed E-state index contributed by atoms with van der Waals surface area (Å²) in [6.45, 7) is 2.64. The first-order valence-electron chi connectivity index (χ1n) is 7.12. The van der Waals surface area contributed by atoms with E-state index < -0.39 is 0 Å². The van der Waals surface area contributed by atoms with E-state index in [0.29, 0.717) is 31.3 Å². The Bertz CT molecular complexity index is 490. The largest absolute Gasteiger partial charge is 0.507 e. The van der Waals surface area contributed by atoms with Gasteiger partial charge in [-0.25, -0.2) is 0 Å². The summed E-state index contributed by atoms with van der Waals surface area (Å²) in [6, 6.07) is 5.26. The van der Waals surface area contributed by atoms with E-state index in [0.717, 1.165) is 23.9 Å². The summed E-state index contributed by atoms with van der Waals surface area (Å²) in [5.74, 6) is -0.165. The Morgan fingerprint density at radius 1 is 1.57 bits per heavy atom. The molecule has 0 bridgehead atoms. The van der Waals surface area contributed by atoms with Gasteiger partial charge in [0.1, 0.15) is 5.75 Å². The Balaban J connectivity index is 2.11. The number of benzene rings is 1. The quantitative estimate of drug-likeness (QED) is 0.818. The number of nitrogens with zero attached hydrogens (tertiary/aromatic N) is 1. The van der Waals surface area contributed by atoms with Crippen LogP contribution < -0.4 is 5.32 Å². The van der Waals surface area contributed by atoms with Crippen LogP contribution in [-0.4, -0.2) is 55.3 Å². The van der Waals surface area contributed by atoms with Crippen molar-refractivity contribution in [2.45, 2.75) is 18.9 Å². The van der Waals surface area contributed by atoms with Crippen molar-refractivity contribution in [1.29, 1.82) is 0 Å². The van der Waals surface area contributed by atoms with Crippen LogP contribution in [0.15, 0.2) is 22.7 Å². The first-order chi connectivity index (χ1) is 10.1. The van der Waals surface area contributed by atoms with Crippen LogP contribution in [0.3, 0.4) is 0 Å². The second-order valence-electron chi connectivity index (χ2n) is 5.20. The van der Waals surface area contributed by atoms with Gasteiger partial charge in [0.25, 0.3) is 5.91 Å². The molecule has 1 aromatic carbocycles. The molecule has 2 N–H and O–H groups in total. The zero-order chi connectivity index (χ0) is 15.2. The highest BCUT2D eigenvalue weighted by atomic mass is 79.9. The Morgan fingerprint density at radius 3 is 3.00 bits per heavy atom. The standard InChI is InChI=1S/C15H21BrN2O3/c1-21-8-7-18(10-12-3-2-6-17-12)15(20)13-5-4-11(16)9-14(13)19/h4-5,9,12,17,19H,2-3,6-8,10H2,1H3. The number of ether oxygens (including phenoxy) is 1. The van der Waals surface area contributed by atoms with E-state index in [1.54, 1.807) is 24.1 Å². The predicted octanol–water partition coefficient (Wildman–Crippen LogP) is 2.00.